The third-order valence-electron chi connectivity index (χ3n) is 1.15. The molecule has 0 aromatic carbocycles. The van der Waals surface area contributed by atoms with E-state index in [1.54, 1.807) is 0 Å². The molecule has 0 aliphatic carbocycles. The SMILES string of the molecule is CC[CH](CC)[Sn]=[O]. The molecule has 0 bridgehead atoms. The molecular weight excluding hydrogens is 195 g/mol. The molecule has 0 aliphatic heterocycles. The van der Waals surface area contributed by atoms with Crippen LogP contribution in [0.1, 0.15) is 26.7 Å². The Hall–Kier alpha value is 0.599. The summed E-state index contributed by atoms with van der Waals surface area (Å²) in [6.07, 6.45) is 2.23. The van der Waals surface area contributed by atoms with Crippen LogP contribution < -0.4 is 0 Å². The van der Waals surface area contributed by atoms with Gasteiger partial charge in [0.05, 0.1) is 0 Å². The van der Waals surface area contributed by atoms with E-state index in [1.165, 1.54) is 0 Å². The molecule has 0 aliphatic rings. The average molecular weight is 206 g/mol. The van der Waals surface area contributed by atoms with Crippen molar-refractivity contribution in [1.29, 1.82) is 0 Å². The van der Waals surface area contributed by atoms with Crippen LogP contribution in [0.2, 0.25) is 3.93 Å². The van der Waals surface area contributed by atoms with Crippen LogP contribution in [-0.2, 0) is 3.08 Å². The first-order chi connectivity index (χ1) is 3.35. The summed E-state index contributed by atoms with van der Waals surface area (Å²) in [5.41, 5.74) is 0. The fraction of sp³-hybridized carbons (Fsp3) is 1.00. The van der Waals surface area contributed by atoms with Crippen molar-refractivity contribution in [3.8, 4) is 0 Å². The third-order valence-corrected chi connectivity index (χ3v) is 4.43. The minimum atomic E-state index is -1.15. The quantitative estimate of drug-likeness (QED) is 0.641. The van der Waals surface area contributed by atoms with E-state index < -0.39 is 21.1 Å². The van der Waals surface area contributed by atoms with Gasteiger partial charge in [-0.05, 0) is 0 Å². The molecule has 0 rings (SSSR count). The number of rotatable bonds is 3. The molecule has 0 atom stereocenters. The first-order valence-electron chi connectivity index (χ1n) is 2.72. The van der Waals surface area contributed by atoms with Crippen LogP contribution in [0.15, 0.2) is 0 Å². The fourth-order valence-corrected chi connectivity index (χ4v) is 1.41. The molecule has 0 saturated carbocycles. The van der Waals surface area contributed by atoms with E-state index in [9.17, 15) is 3.08 Å². The van der Waals surface area contributed by atoms with E-state index in [-0.39, 0.29) is 0 Å². The van der Waals surface area contributed by atoms with Crippen molar-refractivity contribution in [3.05, 3.63) is 0 Å². The maximum absolute atomic E-state index is 10.3. The maximum atomic E-state index is 10.3. The molecule has 0 spiro atoms. The second kappa shape index (κ2) is 4.75. The van der Waals surface area contributed by atoms with Gasteiger partial charge in [-0.15, -0.1) is 0 Å². The summed E-state index contributed by atoms with van der Waals surface area (Å²) in [6, 6.07) is 0. The monoisotopic (exact) mass is 207 g/mol. The van der Waals surface area contributed by atoms with Crippen LogP contribution in [-0.4, -0.2) is 21.1 Å². The molecule has 1 radical (unpaired) electrons. The Morgan fingerprint density at radius 1 is 1.43 bits per heavy atom. The molecule has 7 heavy (non-hydrogen) atoms. The van der Waals surface area contributed by atoms with E-state index in [2.05, 4.69) is 13.8 Å². The molecule has 0 aromatic rings. The predicted octanol–water partition coefficient (Wildman–Crippen LogP) is 1.64. The molecule has 2 heteroatoms. The average Bonchev–Trinajstić information content (AvgIpc) is 1.72. The van der Waals surface area contributed by atoms with Crippen molar-refractivity contribution in [2.75, 3.05) is 0 Å². The van der Waals surface area contributed by atoms with Gasteiger partial charge in [0, 0.05) is 0 Å². The Morgan fingerprint density at radius 3 is 1.86 bits per heavy atom. The number of hydrogen-bond acceptors (Lipinski definition) is 1. The molecule has 1 nitrogen and oxygen atoms in total. The Bertz CT molecular complexity index is 50.0. The van der Waals surface area contributed by atoms with Gasteiger partial charge in [0.1, 0.15) is 0 Å². The summed E-state index contributed by atoms with van der Waals surface area (Å²) < 4.78 is 10.9. The van der Waals surface area contributed by atoms with Gasteiger partial charge in [0.2, 0.25) is 0 Å². The predicted molar refractivity (Wildman–Crippen MR) is 30.8 cm³/mol. The van der Waals surface area contributed by atoms with E-state index in [1.807, 2.05) is 0 Å². The topological polar surface area (TPSA) is 17.1 Å². The van der Waals surface area contributed by atoms with Gasteiger partial charge in [0.15, 0.2) is 0 Å². The Labute approximate surface area is 55.1 Å². The second-order valence-electron chi connectivity index (χ2n) is 1.63. The van der Waals surface area contributed by atoms with Crippen LogP contribution in [0.5, 0.6) is 0 Å². The van der Waals surface area contributed by atoms with Gasteiger partial charge >= 0.3 is 54.8 Å². The van der Waals surface area contributed by atoms with Gasteiger partial charge in [0.25, 0.3) is 0 Å². The van der Waals surface area contributed by atoms with Gasteiger partial charge in [-0.2, -0.15) is 0 Å². The van der Waals surface area contributed by atoms with Crippen molar-refractivity contribution in [3.63, 3.8) is 0 Å². The van der Waals surface area contributed by atoms with Crippen molar-refractivity contribution >= 4 is 21.1 Å². The van der Waals surface area contributed by atoms with E-state index >= 15 is 0 Å². The second-order valence-corrected chi connectivity index (χ2v) is 4.63. The van der Waals surface area contributed by atoms with Crippen molar-refractivity contribution < 1.29 is 3.08 Å². The molecule has 0 heterocycles. The molecule has 0 unspecified atom stereocenters. The van der Waals surface area contributed by atoms with Gasteiger partial charge in [-0.3, -0.25) is 0 Å². The van der Waals surface area contributed by atoms with Crippen LogP contribution >= 0.6 is 0 Å². The summed E-state index contributed by atoms with van der Waals surface area (Å²) in [6.45, 7) is 4.21. The van der Waals surface area contributed by atoms with Crippen LogP contribution in [0.25, 0.3) is 0 Å². The van der Waals surface area contributed by atoms with E-state index in [0.29, 0.717) is 3.93 Å². The zero-order valence-corrected chi connectivity index (χ0v) is 7.75. The summed E-state index contributed by atoms with van der Waals surface area (Å²) in [7, 11) is 0. The molecular formula is C5H11OSn. The van der Waals surface area contributed by atoms with E-state index in [0.717, 1.165) is 12.8 Å². The van der Waals surface area contributed by atoms with Crippen molar-refractivity contribution in [2.24, 2.45) is 0 Å². The standard InChI is InChI=1S/C5H11.O.Sn/c1-3-5-4-2;;/h5H,3-4H2,1-2H3;;. The van der Waals surface area contributed by atoms with Crippen LogP contribution in [0.3, 0.4) is 0 Å². The Morgan fingerprint density at radius 2 is 1.86 bits per heavy atom. The summed E-state index contributed by atoms with van der Waals surface area (Å²) in [4.78, 5) is 0. The van der Waals surface area contributed by atoms with E-state index in [4.69, 9.17) is 0 Å². The third kappa shape index (κ3) is 3.20. The van der Waals surface area contributed by atoms with Gasteiger partial charge < -0.3 is 0 Å². The molecule has 0 aromatic heterocycles. The van der Waals surface area contributed by atoms with Crippen molar-refractivity contribution in [1.82, 2.24) is 0 Å². The van der Waals surface area contributed by atoms with Gasteiger partial charge in [-0.1, -0.05) is 0 Å². The number of hydrogen-bond donors (Lipinski definition) is 0. The summed E-state index contributed by atoms with van der Waals surface area (Å²) >= 11 is -1.15. The van der Waals surface area contributed by atoms with Gasteiger partial charge in [-0.25, -0.2) is 0 Å². The Kier molecular flexibility index (Phi) is 5.16. The molecule has 0 saturated heterocycles. The first-order valence-corrected chi connectivity index (χ1v) is 5.54. The fourth-order valence-electron chi connectivity index (χ4n) is 0.455. The molecule has 0 fully saturated rings. The normalized spacial score (nSPS) is 9.57. The molecule has 41 valence electrons. The Balaban J connectivity index is 3.16. The van der Waals surface area contributed by atoms with Crippen LogP contribution in [0, 0.1) is 0 Å². The molecule has 0 amide bonds. The summed E-state index contributed by atoms with van der Waals surface area (Å²) in [5.74, 6) is 0. The zero-order valence-electron chi connectivity index (χ0n) is 4.90. The molecule has 0 N–H and O–H groups in total. The minimum absolute atomic E-state index is 0.601. The zero-order chi connectivity index (χ0) is 5.70. The van der Waals surface area contributed by atoms with Crippen LogP contribution in [0.4, 0.5) is 0 Å². The first kappa shape index (κ1) is 7.60. The summed E-state index contributed by atoms with van der Waals surface area (Å²) in [5, 5.41) is 0. The van der Waals surface area contributed by atoms with Crippen molar-refractivity contribution in [2.45, 2.75) is 30.6 Å².